The van der Waals surface area contributed by atoms with E-state index in [-0.39, 0.29) is 11.2 Å². The molecule has 0 aromatic heterocycles. The molecule has 1 fully saturated rings. The van der Waals surface area contributed by atoms with Crippen LogP contribution in [-0.2, 0) is 9.53 Å². The number of esters is 1. The normalized spacial score (nSPS) is 21.1. The molecule has 1 saturated heterocycles. The number of ether oxygens (including phenoxy) is 1. The molecule has 1 amide bonds. The molecule has 1 rings (SSSR count). The van der Waals surface area contributed by atoms with Crippen molar-refractivity contribution in [2.24, 2.45) is 5.92 Å². The van der Waals surface area contributed by atoms with E-state index < -0.39 is 11.6 Å². The molecule has 1 N–H and O–H groups in total. The average Bonchev–Trinajstić information content (AvgIpc) is 2.47. The quantitative estimate of drug-likeness (QED) is 0.771. The van der Waals surface area contributed by atoms with E-state index in [1.165, 1.54) is 0 Å². The Morgan fingerprint density at radius 1 is 1.62 bits per heavy atom. The predicted octanol–water partition coefficient (Wildman–Crippen LogP) is 2.18. The van der Waals surface area contributed by atoms with Crippen LogP contribution in [0.25, 0.3) is 0 Å². The van der Waals surface area contributed by atoms with Crippen LogP contribution in [0.5, 0.6) is 0 Å². The Labute approximate surface area is 100 Å². The maximum absolute atomic E-state index is 11.7. The monoisotopic (exact) mass is 245 g/mol. The third-order valence-corrected chi connectivity index (χ3v) is 3.11. The number of amides is 1. The summed E-state index contributed by atoms with van der Waals surface area (Å²) in [6.07, 6.45) is 0.812. The highest BCUT2D eigenvalue weighted by molar-refractivity contribution is 8.14. The minimum atomic E-state index is -0.482. The van der Waals surface area contributed by atoms with E-state index in [0.29, 0.717) is 11.7 Å². The minimum Gasteiger partial charge on any atom is -0.458 e. The standard InChI is InChI=1S/C11H19NO3S/c1-7(2)5-11(3,4)15-9(13)8-6-16-10(14)12-8/h7-8H,5-6H2,1-4H3,(H,12,14)/t8-/m0/s1. The summed E-state index contributed by atoms with van der Waals surface area (Å²) < 4.78 is 5.41. The van der Waals surface area contributed by atoms with E-state index in [4.69, 9.17) is 4.74 Å². The summed E-state index contributed by atoms with van der Waals surface area (Å²) in [6.45, 7) is 7.97. The van der Waals surface area contributed by atoms with Gasteiger partial charge in [0.1, 0.15) is 11.6 Å². The van der Waals surface area contributed by atoms with Gasteiger partial charge >= 0.3 is 5.97 Å². The number of hydrogen-bond acceptors (Lipinski definition) is 4. The molecule has 16 heavy (non-hydrogen) atoms. The second kappa shape index (κ2) is 5.08. The van der Waals surface area contributed by atoms with Crippen molar-refractivity contribution in [3.63, 3.8) is 0 Å². The lowest BCUT2D eigenvalue weighted by Gasteiger charge is -2.28. The lowest BCUT2D eigenvalue weighted by molar-refractivity contribution is -0.159. The molecule has 0 aliphatic carbocycles. The van der Waals surface area contributed by atoms with E-state index >= 15 is 0 Å². The molecular weight excluding hydrogens is 226 g/mol. The maximum atomic E-state index is 11.7. The van der Waals surface area contributed by atoms with Crippen LogP contribution in [0.15, 0.2) is 0 Å². The highest BCUT2D eigenvalue weighted by atomic mass is 32.2. The van der Waals surface area contributed by atoms with Gasteiger partial charge in [0.25, 0.3) is 5.24 Å². The number of carbonyl (C=O) groups is 2. The van der Waals surface area contributed by atoms with Gasteiger partial charge in [0.2, 0.25) is 0 Å². The number of hydrogen-bond donors (Lipinski definition) is 1. The Hall–Kier alpha value is -0.710. The van der Waals surface area contributed by atoms with Crippen molar-refractivity contribution in [1.82, 2.24) is 5.32 Å². The van der Waals surface area contributed by atoms with Crippen molar-refractivity contribution in [3.05, 3.63) is 0 Å². The molecule has 92 valence electrons. The van der Waals surface area contributed by atoms with Crippen LogP contribution in [0, 0.1) is 5.92 Å². The molecule has 0 aromatic rings. The number of rotatable bonds is 4. The molecule has 1 aliphatic rings. The van der Waals surface area contributed by atoms with E-state index in [2.05, 4.69) is 19.2 Å². The van der Waals surface area contributed by atoms with Gasteiger partial charge in [-0.2, -0.15) is 0 Å². The molecular formula is C11H19NO3S. The van der Waals surface area contributed by atoms with Crippen molar-refractivity contribution >= 4 is 23.0 Å². The van der Waals surface area contributed by atoms with E-state index in [9.17, 15) is 9.59 Å². The topological polar surface area (TPSA) is 55.4 Å². The summed E-state index contributed by atoms with van der Waals surface area (Å²) in [7, 11) is 0. The van der Waals surface area contributed by atoms with Crippen LogP contribution in [0.3, 0.4) is 0 Å². The number of thioether (sulfide) groups is 1. The molecule has 1 aliphatic heterocycles. The third-order valence-electron chi connectivity index (χ3n) is 2.23. The van der Waals surface area contributed by atoms with Crippen molar-refractivity contribution in [2.75, 3.05) is 5.75 Å². The van der Waals surface area contributed by atoms with Crippen LogP contribution >= 0.6 is 11.8 Å². The molecule has 0 unspecified atom stereocenters. The molecule has 0 saturated carbocycles. The van der Waals surface area contributed by atoms with Gasteiger partial charge in [-0.15, -0.1) is 0 Å². The summed E-state index contributed by atoms with van der Waals surface area (Å²) in [4.78, 5) is 22.7. The summed E-state index contributed by atoms with van der Waals surface area (Å²) in [5, 5.41) is 2.43. The molecule has 0 bridgehead atoms. The first kappa shape index (κ1) is 13.4. The highest BCUT2D eigenvalue weighted by Gasteiger charge is 2.33. The molecule has 0 radical (unpaired) electrons. The lowest BCUT2D eigenvalue weighted by Crippen LogP contribution is -2.41. The van der Waals surface area contributed by atoms with E-state index in [1.807, 2.05) is 13.8 Å². The van der Waals surface area contributed by atoms with Gasteiger partial charge < -0.3 is 10.1 Å². The van der Waals surface area contributed by atoms with Crippen LogP contribution in [0.1, 0.15) is 34.1 Å². The molecule has 0 spiro atoms. The van der Waals surface area contributed by atoms with E-state index in [1.54, 1.807) is 0 Å². The van der Waals surface area contributed by atoms with Gasteiger partial charge in [-0.3, -0.25) is 4.79 Å². The number of carbonyl (C=O) groups excluding carboxylic acids is 2. The molecule has 0 aromatic carbocycles. The van der Waals surface area contributed by atoms with Gasteiger partial charge in [0, 0.05) is 5.75 Å². The van der Waals surface area contributed by atoms with Gasteiger partial charge in [-0.25, -0.2) is 4.79 Å². The summed E-state index contributed by atoms with van der Waals surface area (Å²) >= 11 is 1.12. The van der Waals surface area contributed by atoms with Gasteiger partial charge in [-0.1, -0.05) is 25.6 Å². The fraction of sp³-hybridized carbons (Fsp3) is 0.818. The summed E-state index contributed by atoms with van der Waals surface area (Å²) in [5.41, 5.74) is -0.469. The first-order chi connectivity index (χ1) is 7.30. The number of nitrogens with one attached hydrogen (secondary N) is 1. The fourth-order valence-corrected chi connectivity index (χ4v) is 2.64. The van der Waals surface area contributed by atoms with Crippen LogP contribution in [-0.4, -0.2) is 28.6 Å². The van der Waals surface area contributed by atoms with Crippen LogP contribution < -0.4 is 5.32 Å². The van der Waals surface area contributed by atoms with Crippen molar-refractivity contribution < 1.29 is 14.3 Å². The zero-order chi connectivity index (χ0) is 12.3. The fourth-order valence-electron chi connectivity index (χ4n) is 1.88. The predicted molar refractivity (Wildman–Crippen MR) is 64.4 cm³/mol. The molecule has 5 heteroatoms. The Morgan fingerprint density at radius 3 is 2.69 bits per heavy atom. The Balaban J connectivity index is 2.47. The first-order valence-electron chi connectivity index (χ1n) is 5.46. The average molecular weight is 245 g/mol. The lowest BCUT2D eigenvalue weighted by atomic mass is 9.96. The third kappa shape index (κ3) is 4.04. The van der Waals surface area contributed by atoms with E-state index in [0.717, 1.165) is 18.2 Å². The summed E-state index contributed by atoms with van der Waals surface area (Å²) in [5.74, 6) is 0.606. The van der Waals surface area contributed by atoms with Gasteiger partial charge in [0.05, 0.1) is 0 Å². The second-order valence-electron chi connectivity index (χ2n) is 5.07. The minimum absolute atomic E-state index is 0.149. The largest absolute Gasteiger partial charge is 0.458 e. The van der Waals surface area contributed by atoms with Crippen molar-refractivity contribution in [3.8, 4) is 0 Å². The molecule has 4 nitrogen and oxygen atoms in total. The second-order valence-corrected chi connectivity index (χ2v) is 6.07. The Bertz CT molecular complexity index is 289. The van der Waals surface area contributed by atoms with Gasteiger partial charge in [-0.05, 0) is 26.2 Å². The maximum Gasteiger partial charge on any atom is 0.330 e. The Morgan fingerprint density at radius 2 is 2.25 bits per heavy atom. The van der Waals surface area contributed by atoms with Crippen molar-refractivity contribution in [1.29, 1.82) is 0 Å². The highest BCUT2D eigenvalue weighted by Crippen LogP contribution is 2.22. The van der Waals surface area contributed by atoms with Crippen LogP contribution in [0.2, 0.25) is 0 Å². The molecule has 1 heterocycles. The first-order valence-corrected chi connectivity index (χ1v) is 6.45. The summed E-state index contributed by atoms with van der Waals surface area (Å²) in [6, 6.07) is -0.482. The SMILES string of the molecule is CC(C)CC(C)(C)OC(=O)[C@@H]1CSC(=O)N1. The zero-order valence-corrected chi connectivity index (χ0v) is 11.0. The van der Waals surface area contributed by atoms with Gasteiger partial charge in [0.15, 0.2) is 0 Å². The zero-order valence-electron chi connectivity index (χ0n) is 10.2. The Kier molecular flexibility index (Phi) is 4.24. The van der Waals surface area contributed by atoms with Crippen LogP contribution in [0.4, 0.5) is 4.79 Å². The molecule has 1 atom stereocenters. The van der Waals surface area contributed by atoms with Crippen molar-refractivity contribution in [2.45, 2.75) is 45.8 Å². The smallest absolute Gasteiger partial charge is 0.330 e.